The highest BCUT2D eigenvalue weighted by Gasteiger charge is 2.21. The Morgan fingerprint density at radius 2 is 2.10 bits per heavy atom. The van der Waals surface area contributed by atoms with Gasteiger partial charge in [-0.3, -0.25) is 4.90 Å². The molecule has 0 unspecified atom stereocenters. The number of hydrogen-bond acceptors (Lipinski definition) is 6. The largest absolute Gasteiger partial charge is 0.373 e. The van der Waals surface area contributed by atoms with E-state index in [-0.39, 0.29) is 0 Å². The molecule has 2 atom stereocenters. The second-order valence-corrected chi connectivity index (χ2v) is 5.70. The molecule has 0 radical (unpaired) electrons. The fourth-order valence-electron chi connectivity index (χ4n) is 2.87. The molecule has 0 saturated carbocycles. The van der Waals surface area contributed by atoms with Crippen molar-refractivity contribution in [1.82, 2.24) is 24.5 Å². The second-order valence-electron chi connectivity index (χ2n) is 5.70. The van der Waals surface area contributed by atoms with Gasteiger partial charge in [-0.05, 0) is 20.8 Å². The minimum absolute atomic E-state index is 0.305. The maximum Gasteiger partial charge on any atom is 0.254 e. The summed E-state index contributed by atoms with van der Waals surface area (Å²) in [5.41, 5.74) is 0.937. The molecule has 0 aliphatic carbocycles. The molecule has 0 amide bonds. The van der Waals surface area contributed by atoms with Crippen LogP contribution in [0.4, 0.5) is 5.82 Å². The van der Waals surface area contributed by atoms with Crippen molar-refractivity contribution in [3.63, 3.8) is 0 Å². The Bertz CT molecular complexity index is 603. The predicted molar refractivity (Wildman–Crippen MR) is 80.5 cm³/mol. The summed E-state index contributed by atoms with van der Waals surface area (Å²) in [7, 11) is 0. The van der Waals surface area contributed by atoms with Crippen LogP contribution in [0.25, 0.3) is 5.78 Å². The summed E-state index contributed by atoms with van der Waals surface area (Å²) in [5, 5.41) is 7.63. The van der Waals surface area contributed by atoms with Crippen molar-refractivity contribution in [1.29, 1.82) is 0 Å². The molecule has 0 spiro atoms. The number of fused-ring (bicyclic) bond motifs is 1. The van der Waals surface area contributed by atoms with Crippen molar-refractivity contribution < 1.29 is 4.74 Å². The van der Waals surface area contributed by atoms with Gasteiger partial charge in [0.1, 0.15) is 12.1 Å². The van der Waals surface area contributed by atoms with Crippen LogP contribution in [-0.2, 0) is 4.74 Å². The van der Waals surface area contributed by atoms with E-state index in [0.29, 0.717) is 18.0 Å². The van der Waals surface area contributed by atoms with Crippen LogP contribution in [0.3, 0.4) is 0 Å². The first kappa shape index (κ1) is 14.2. The Labute approximate surface area is 124 Å². The first-order chi connectivity index (χ1) is 10.1. The van der Waals surface area contributed by atoms with Crippen molar-refractivity contribution in [2.45, 2.75) is 33.0 Å². The Morgan fingerprint density at radius 3 is 2.86 bits per heavy atom. The number of ether oxygens (including phenoxy) is 1. The van der Waals surface area contributed by atoms with Gasteiger partial charge < -0.3 is 10.1 Å². The lowest BCUT2D eigenvalue weighted by Gasteiger charge is -2.35. The summed E-state index contributed by atoms with van der Waals surface area (Å²) in [6.45, 7) is 10.0. The van der Waals surface area contributed by atoms with Crippen molar-refractivity contribution in [3.05, 3.63) is 18.1 Å². The minimum atomic E-state index is 0.305. The monoisotopic (exact) mass is 290 g/mol. The van der Waals surface area contributed by atoms with Crippen LogP contribution in [0.2, 0.25) is 0 Å². The summed E-state index contributed by atoms with van der Waals surface area (Å²) in [6, 6.07) is 1.99. The molecule has 1 aliphatic heterocycles. The van der Waals surface area contributed by atoms with Gasteiger partial charge in [0.05, 0.1) is 12.2 Å². The third kappa shape index (κ3) is 3.30. The molecule has 0 aromatic carbocycles. The molecule has 2 aromatic rings. The van der Waals surface area contributed by atoms with Gasteiger partial charge in [-0.15, -0.1) is 0 Å². The smallest absolute Gasteiger partial charge is 0.254 e. The highest BCUT2D eigenvalue weighted by atomic mass is 16.5. The van der Waals surface area contributed by atoms with Gasteiger partial charge in [0, 0.05) is 37.9 Å². The number of morpholine rings is 1. The van der Waals surface area contributed by atoms with E-state index in [2.05, 4.69) is 39.1 Å². The van der Waals surface area contributed by atoms with Crippen LogP contribution in [0.1, 0.15) is 19.5 Å². The summed E-state index contributed by atoms with van der Waals surface area (Å²) >= 11 is 0. The van der Waals surface area contributed by atoms with Crippen molar-refractivity contribution in [3.8, 4) is 0 Å². The SMILES string of the molecule is Cc1cc(NCCN2C[C@H](C)O[C@@H](C)C2)n2ncnc2n1. The molecule has 114 valence electrons. The van der Waals surface area contributed by atoms with Crippen molar-refractivity contribution >= 4 is 11.6 Å². The number of anilines is 1. The van der Waals surface area contributed by atoms with Gasteiger partial charge in [-0.25, -0.2) is 4.98 Å². The third-order valence-electron chi connectivity index (χ3n) is 3.61. The molecule has 1 aliphatic rings. The highest BCUT2D eigenvalue weighted by Crippen LogP contribution is 2.12. The highest BCUT2D eigenvalue weighted by molar-refractivity contribution is 5.44. The predicted octanol–water partition coefficient (Wildman–Crippen LogP) is 0.954. The summed E-state index contributed by atoms with van der Waals surface area (Å²) in [5.74, 6) is 1.57. The first-order valence-corrected chi connectivity index (χ1v) is 7.41. The molecule has 7 nitrogen and oxygen atoms in total. The molecule has 3 heterocycles. The number of aromatic nitrogens is 4. The lowest BCUT2D eigenvalue weighted by atomic mass is 10.2. The van der Waals surface area contributed by atoms with E-state index < -0.39 is 0 Å². The number of aryl methyl sites for hydroxylation is 1. The van der Waals surface area contributed by atoms with Gasteiger partial charge in [-0.2, -0.15) is 14.6 Å². The van der Waals surface area contributed by atoms with Gasteiger partial charge in [-0.1, -0.05) is 0 Å². The molecule has 21 heavy (non-hydrogen) atoms. The maximum atomic E-state index is 5.75. The zero-order valence-corrected chi connectivity index (χ0v) is 12.8. The van der Waals surface area contributed by atoms with E-state index in [9.17, 15) is 0 Å². The topological polar surface area (TPSA) is 67.6 Å². The van der Waals surface area contributed by atoms with Gasteiger partial charge in [0.15, 0.2) is 0 Å². The standard InChI is InChI=1S/C14H22N6O/c1-10-6-13(20-14(18-10)16-9-17-20)15-4-5-19-7-11(2)21-12(3)8-19/h6,9,11-12,15H,4-5,7-8H2,1-3H3/t11-,12-/m0/s1. The van der Waals surface area contributed by atoms with Crippen LogP contribution in [0.15, 0.2) is 12.4 Å². The number of nitrogens with one attached hydrogen (secondary N) is 1. The average molecular weight is 290 g/mol. The van der Waals surface area contributed by atoms with Gasteiger partial charge in [0.25, 0.3) is 5.78 Å². The average Bonchev–Trinajstić information content (AvgIpc) is 2.85. The zero-order valence-electron chi connectivity index (χ0n) is 12.8. The van der Waals surface area contributed by atoms with E-state index in [1.807, 2.05) is 13.0 Å². The van der Waals surface area contributed by atoms with Crippen LogP contribution >= 0.6 is 0 Å². The fourth-order valence-corrected chi connectivity index (χ4v) is 2.87. The molecular formula is C14H22N6O. The molecule has 1 saturated heterocycles. The quantitative estimate of drug-likeness (QED) is 0.904. The molecule has 3 rings (SSSR count). The van der Waals surface area contributed by atoms with Crippen LogP contribution in [-0.4, -0.2) is 62.9 Å². The van der Waals surface area contributed by atoms with Crippen molar-refractivity contribution in [2.24, 2.45) is 0 Å². The van der Waals surface area contributed by atoms with Crippen molar-refractivity contribution in [2.75, 3.05) is 31.5 Å². The van der Waals surface area contributed by atoms with Crippen LogP contribution in [0.5, 0.6) is 0 Å². The van der Waals surface area contributed by atoms with Gasteiger partial charge in [0.2, 0.25) is 0 Å². The fraction of sp³-hybridized carbons (Fsp3) is 0.643. The minimum Gasteiger partial charge on any atom is -0.373 e. The Morgan fingerprint density at radius 1 is 1.33 bits per heavy atom. The number of hydrogen-bond donors (Lipinski definition) is 1. The Balaban J connectivity index is 1.60. The maximum absolute atomic E-state index is 5.75. The van der Waals surface area contributed by atoms with E-state index >= 15 is 0 Å². The number of rotatable bonds is 4. The van der Waals surface area contributed by atoms with E-state index in [4.69, 9.17) is 4.74 Å². The molecule has 1 N–H and O–H groups in total. The zero-order chi connectivity index (χ0) is 14.8. The molecule has 1 fully saturated rings. The lowest BCUT2D eigenvalue weighted by Crippen LogP contribution is -2.46. The van der Waals surface area contributed by atoms with E-state index in [1.54, 1.807) is 4.52 Å². The lowest BCUT2D eigenvalue weighted by molar-refractivity contribution is -0.0667. The molecular weight excluding hydrogens is 268 g/mol. The molecule has 2 aromatic heterocycles. The normalized spacial score (nSPS) is 23.6. The summed E-state index contributed by atoms with van der Waals surface area (Å²) < 4.78 is 7.48. The third-order valence-corrected chi connectivity index (χ3v) is 3.61. The molecule has 0 bridgehead atoms. The first-order valence-electron chi connectivity index (χ1n) is 7.41. The Hall–Kier alpha value is -1.73. The van der Waals surface area contributed by atoms with Crippen LogP contribution < -0.4 is 5.32 Å². The van der Waals surface area contributed by atoms with E-state index in [1.165, 1.54) is 6.33 Å². The van der Waals surface area contributed by atoms with Gasteiger partial charge >= 0.3 is 0 Å². The van der Waals surface area contributed by atoms with E-state index in [0.717, 1.165) is 37.7 Å². The second kappa shape index (κ2) is 5.95. The number of nitrogens with zero attached hydrogens (tertiary/aromatic N) is 5. The molecule has 7 heteroatoms. The Kier molecular flexibility index (Phi) is 4.03. The summed E-state index contributed by atoms with van der Waals surface area (Å²) in [6.07, 6.45) is 2.14. The summed E-state index contributed by atoms with van der Waals surface area (Å²) in [4.78, 5) is 10.9. The van der Waals surface area contributed by atoms with Crippen LogP contribution in [0, 0.1) is 6.92 Å².